The molecule has 0 aliphatic rings. The SMILES string of the molecule is COc1ccccc1-c1nnc(SC(C)C(=O)N(C)c2ccccc2)n1-c1ccc(C)cc1. The van der Waals surface area contributed by atoms with E-state index in [1.165, 1.54) is 11.8 Å². The van der Waals surface area contributed by atoms with Crippen LogP contribution in [0, 0.1) is 6.92 Å². The minimum absolute atomic E-state index is 0.0107. The highest BCUT2D eigenvalue weighted by atomic mass is 32.2. The first-order valence-electron chi connectivity index (χ1n) is 10.6. The zero-order valence-corrected chi connectivity index (χ0v) is 19.9. The highest BCUT2D eigenvalue weighted by Gasteiger charge is 2.25. The molecule has 1 aromatic heterocycles. The zero-order valence-electron chi connectivity index (χ0n) is 19.1. The molecule has 4 rings (SSSR count). The molecule has 33 heavy (non-hydrogen) atoms. The van der Waals surface area contributed by atoms with Crippen molar-refractivity contribution in [1.29, 1.82) is 0 Å². The number of anilines is 1. The number of amides is 1. The quantitative estimate of drug-likeness (QED) is 0.347. The lowest BCUT2D eigenvalue weighted by molar-refractivity contribution is -0.117. The van der Waals surface area contributed by atoms with Crippen LogP contribution < -0.4 is 9.64 Å². The fourth-order valence-corrected chi connectivity index (χ4v) is 4.50. The highest BCUT2D eigenvalue weighted by Crippen LogP contribution is 2.34. The van der Waals surface area contributed by atoms with Crippen LogP contribution in [0.2, 0.25) is 0 Å². The molecule has 0 spiro atoms. The van der Waals surface area contributed by atoms with Crippen LogP contribution >= 0.6 is 11.8 Å². The van der Waals surface area contributed by atoms with Crippen molar-refractivity contribution >= 4 is 23.4 Å². The smallest absolute Gasteiger partial charge is 0.240 e. The molecule has 1 amide bonds. The van der Waals surface area contributed by atoms with Gasteiger partial charge in [-0.15, -0.1) is 10.2 Å². The molecule has 1 atom stereocenters. The summed E-state index contributed by atoms with van der Waals surface area (Å²) in [6.45, 7) is 3.94. The van der Waals surface area contributed by atoms with E-state index in [-0.39, 0.29) is 11.2 Å². The molecule has 1 heterocycles. The summed E-state index contributed by atoms with van der Waals surface area (Å²) >= 11 is 1.39. The van der Waals surface area contributed by atoms with Crippen molar-refractivity contribution in [3.63, 3.8) is 0 Å². The minimum Gasteiger partial charge on any atom is -0.496 e. The summed E-state index contributed by atoms with van der Waals surface area (Å²) in [5.41, 5.74) is 3.77. The Balaban J connectivity index is 1.72. The Kier molecular flexibility index (Phi) is 6.79. The van der Waals surface area contributed by atoms with Crippen molar-refractivity contribution in [2.75, 3.05) is 19.1 Å². The number of aryl methyl sites for hydroxylation is 1. The Morgan fingerprint density at radius 1 is 0.970 bits per heavy atom. The number of nitrogens with zero attached hydrogens (tertiary/aromatic N) is 4. The average molecular weight is 459 g/mol. The number of hydrogen-bond donors (Lipinski definition) is 0. The summed E-state index contributed by atoms with van der Waals surface area (Å²) in [6, 6.07) is 25.5. The topological polar surface area (TPSA) is 60.3 Å². The third kappa shape index (κ3) is 4.78. The number of benzene rings is 3. The molecule has 0 fully saturated rings. The minimum atomic E-state index is -0.367. The van der Waals surface area contributed by atoms with Crippen LogP contribution in [0.3, 0.4) is 0 Å². The second kappa shape index (κ2) is 9.92. The van der Waals surface area contributed by atoms with Gasteiger partial charge in [0, 0.05) is 18.4 Å². The number of methoxy groups -OCH3 is 1. The van der Waals surface area contributed by atoms with Gasteiger partial charge in [-0.3, -0.25) is 9.36 Å². The van der Waals surface area contributed by atoms with Gasteiger partial charge in [0.25, 0.3) is 0 Å². The van der Waals surface area contributed by atoms with Gasteiger partial charge < -0.3 is 9.64 Å². The van der Waals surface area contributed by atoms with Crippen LogP contribution in [0.15, 0.2) is 84.0 Å². The number of rotatable bonds is 7. The van der Waals surface area contributed by atoms with Gasteiger partial charge in [0.05, 0.1) is 17.9 Å². The number of carbonyl (C=O) groups is 1. The van der Waals surface area contributed by atoms with Crippen molar-refractivity contribution in [3.8, 4) is 22.8 Å². The fourth-order valence-electron chi connectivity index (χ4n) is 3.54. The van der Waals surface area contributed by atoms with E-state index in [4.69, 9.17) is 4.74 Å². The number of thioether (sulfide) groups is 1. The molecule has 0 aliphatic heterocycles. The van der Waals surface area contributed by atoms with Crippen molar-refractivity contribution in [1.82, 2.24) is 14.8 Å². The van der Waals surface area contributed by atoms with Gasteiger partial charge in [-0.2, -0.15) is 0 Å². The molecule has 0 bridgehead atoms. The Bertz CT molecular complexity index is 1240. The third-order valence-corrected chi connectivity index (χ3v) is 6.41. The van der Waals surface area contributed by atoms with Crippen LogP contribution in [0.4, 0.5) is 5.69 Å². The Morgan fingerprint density at radius 3 is 2.33 bits per heavy atom. The van der Waals surface area contributed by atoms with Crippen molar-refractivity contribution < 1.29 is 9.53 Å². The predicted octanol–water partition coefficient (Wildman–Crippen LogP) is 5.39. The molecule has 0 N–H and O–H groups in total. The first-order valence-corrected chi connectivity index (χ1v) is 11.5. The van der Waals surface area contributed by atoms with Crippen LogP contribution in [0.25, 0.3) is 17.1 Å². The lowest BCUT2D eigenvalue weighted by Gasteiger charge is -2.21. The molecule has 7 heteroatoms. The average Bonchev–Trinajstić information content (AvgIpc) is 3.27. The van der Waals surface area contributed by atoms with E-state index in [0.717, 1.165) is 22.5 Å². The summed E-state index contributed by atoms with van der Waals surface area (Å²) < 4.78 is 7.55. The molecule has 1 unspecified atom stereocenters. The molecule has 0 aliphatic carbocycles. The normalized spacial score (nSPS) is 11.8. The third-order valence-electron chi connectivity index (χ3n) is 5.38. The maximum absolute atomic E-state index is 13.1. The maximum atomic E-state index is 13.1. The summed E-state index contributed by atoms with van der Waals surface area (Å²) in [5, 5.41) is 9.24. The molecule has 168 valence electrons. The molecule has 0 radical (unpaired) electrons. The summed E-state index contributed by atoms with van der Waals surface area (Å²) in [5.74, 6) is 1.36. The molecule has 6 nitrogen and oxygen atoms in total. The first-order chi connectivity index (χ1) is 16.0. The van der Waals surface area contributed by atoms with Crippen LogP contribution in [0.1, 0.15) is 12.5 Å². The van der Waals surface area contributed by atoms with E-state index in [9.17, 15) is 4.79 Å². The molecular weight excluding hydrogens is 432 g/mol. The van der Waals surface area contributed by atoms with Gasteiger partial charge in [-0.05, 0) is 50.2 Å². The van der Waals surface area contributed by atoms with Gasteiger partial charge in [0.15, 0.2) is 11.0 Å². The summed E-state index contributed by atoms with van der Waals surface area (Å²) in [7, 11) is 3.43. The molecule has 3 aromatic carbocycles. The largest absolute Gasteiger partial charge is 0.496 e. The lowest BCUT2D eigenvalue weighted by Crippen LogP contribution is -2.33. The second-order valence-electron chi connectivity index (χ2n) is 7.67. The van der Waals surface area contributed by atoms with E-state index in [2.05, 4.69) is 10.2 Å². The van der Waals surface area contributed by atoms with E-state index >= 15 is 0 Å². The van der Waals surface area contributed by atoms with Gasteiger partial charge in [-0.1, -0.05) is 59.8 Å². The monoisotopic (exact) mass is 458 g/mol. The molecule has 4 aromatic rings. The maximum Gasteiger partial charge on any atom is 0.240 e. The Morgan fingerprint density at radius 2 is 1.64 bits per heavy atom. The van der Waals surface area contributed by atoms with Crippen LogP contribution in [0.5, 0.6) is 5.75 Å². The van der Waals surface area contributed by atoms with E-state index in [1.54, 1.807) is 19.1 Å². The number of hydrogen-bond acceptors (Lipinski definition) is 5. The van der Waals surface area contributed by atoms with E-state index in [0.29, 0.717) is 16.7 Å². The standard InChI is InChI=1S/C26H26N4O2S/c1-18-14-16-21(17-15-18)30-24(22-12-8-9-13-23(22)32-4)27-28-26(30)33-19(2)25(31)29(3)20-10-6-5-7-11-20/h5-17,19H,1-4H3. The van der Waals surface area contributed by atoms with Crippen LogP contribution in [-0.4, -0.2) is 40.1 Å². The summed E-state index contributed by atoms with van der Waals surface area (Å²) in [4.78, 5) is 14.8. The first kappa shape index (κ1) is 22.6. The van der Waals surface area contributed by atoms with E-state index < -0.39 is 0 Å². The molecule has 0 saturated heterocycles. The molecule has 0 saturated carbocycles. The fraction of sp³-hybridized carbons (Fsp3) is 0.192. The number of carbonyl (C=O) groups excluding carboxylic acids is 1. The van der Waals surface area contributed by atoms with Gasteiger partial charge in [-0.25, -0.2) is 0 Å². The van der Waals surface area contributed by atoms with Crippen LogP contribution in [-0.2, 0) is 4.79 Å². The zero-order chi connectivity index (χ0) is 23.4. The van der Waals surface area contributed by atoms with Crippen molar-refractivity contribution in [2.24, 2.45) is 0 Å². The Hall–Kier alpha value is -3.58. The Labute approximate surface area is 198 Å². The second-order valence-corrected chi connectivity index (χ2v) is 8.98. The highest BCUT2D eigenvalue weighted by molar-refractivity contribution is 8.00. The summed E-state index contributed by atoms with van der Waals surface area (Å²) in [6.07, 6.45) is 0. The van der Waals surface area contributed by atoms with Gasteiger partial charge in [0.1, 0.15) is 5.75 Å². The van der Waals surface area contributed by atoms with Gasteiger partial charge in [0.2, 0.25) is 5.91 Å². The number of ether oxygens (including phenoxy) is 1. The lowest BCUT2D eigenvalue weighted by atomic mass is 10.1. The van der Waals surface area contributed by atoms with Gasteiger partial charge >= 0.3 is 0 Å². The number of para-hydroxylation sites is 2. The molecular formula is C26H26N4O2S. The predicted molar refractivity (Wildman–Crippen MR) is 133 cm³/mol. The van der Waals surface area contributed by atoms with Crippen molar-refractivity contribution in [2.45, 2.75) is 24.3 Å². The van der Waals surface area contributed by atoms with E-state index in [1.807, 2.05) is 97.3 Å². The number of aromatic nitrogens is 3. The van der Waals surface area contributed by atoms with Crippen molar-refractivity contribution in [3.05, 3.63) is 84.4 Å².